The number of carbonyl (C=O) groups excluding carboxylic acids is 2. The number of benzene rings is 1. The molecule has 7 nitrogen and oxygen atoms in total. The minimum atomic E-state index is -0.383. The second kappa shape index (κ2) is 9.29. The predicted octanol–water partition coefficient (Wildman–Crippen LogP) is 3.09. The first-order valence-electron chi connectivity index (χ1n) is 10.9. The van der Waals surface area contributed by atoms with Crippen LogP contribution in [0.25, 0.3) is 6.08 Å². The molecule has 7 heteroatoms. The number of hydrogen-bond donors (Lipinski definition) is 1. The quantitative estimate of drug-likeness (QED) is 0.589. The number of piperidine rings is 1. The summed E-state index contributed by atoms with van der Waals surface area (Å²) in [6.07, 6.45) is 7.66. The van der Waals surface area contributed by atoms with Gasteiger partial charge in [0.25, 0.3) is 5.91 Å². The van der Waals surface area contributed by atoms with E-state index in [1.165, 1.54) is 6.08 Å². The molecule has 0 radical (unpaired) electrons. The number of ether oxygens (including phenoxy) is 2. The monoisotopic (exact) mass is 414 g/mol. The summed E-state index contributed by atoms with van der Waals surface area (Å²) in [7, 11) is 0. The van der Waals surface area contributed by atoms with Gasteiger partial charge < -0.3 is 14.4 Å². The molecule has 1 N–H and O–H groups in total. The summed E-state index contributed by atoms with van der Waals surface area (Å²) in [4.78, 5) is 32.5. The van der Waals surface area contributed by atoms with Gasteiger partial charge in [-0.05, 0) is 43.2 Å². The van der Waals surface area contributed by atoms with Crippen molar-refractivity contribution >= 4 is 17.8 Å². The number of ketones is 1. The number of fused-ring (bicyclic) bond motifs is 1. The van der Waals surface area contributed by atoms with Crippen molar-refractivity contribution in [1.82, 2.24) is 10.4 Å². The van der Waals surface area contributed by atoms with Crippen LogP contribution in [-0.2, 0) is 14.4 Å². The molecule has 2 saturated heterocycles. The van der Waals surface area contributed by atoms with E-state index >= 15 is 0 Å². The van der Waals surface area contributed by atoms with E-state index in [2.05, 4.69) is 17.3 Å². The number of likely N-dealkylation sites (tertiary alicyclic amines) is 1. The highest BCUT2D eigenvalue weighted by Gasteiger charge is 2.42. The summed E-state index contributed by atoms with van der Waals surface area (Å²) < 4.78 is 11.7. The van der Waals surface area contributed by atoms with E-state index in [1.807, 2.05) is 12.1 Å². The van der Waals surface area contributed by atoms with Gasteiger partial charge in [-0.1, -0.05) is 13.0 Å². The van der Waals surface area contributed by atoms with Crippen LogP contribution in [0.5, 0.6) is 5.75 Å². The number of nitrogens with one attached hydrogen (secondary N) is 1. The topological polar surface area (TPSA) is 77.1 Å². The van der Waals surface area contributed by atoms with Gasteiger partial charge in [0.2, 0.25) is 0 Å². The van der Waals surface area contributed by atoms with E-state index in [0.29, 0.717) is 24.3 Å². The van der Waals surface area contributed by atoms with Gasteiger partial charge >= 0.3 is 0 Å². The summed E-state index contributed by atoms with van der Waals surface area (Å²) in [5.74, 6) is 0.389. The number of rotatable bonds is 5. The number of hydroxylamine groups is 1. The molecule has 1 unspecified atom stereocenters. The van der Waals surface area contributed by atoms with Crippen molar-refractivity contribution in [2.45, 2.75) is 57.3 Å². The zero-order chi connectivity index (χ0) is 21.0. The molecule has 0 aromatic heterocycles. The average molecular weight is 415 g/mol. The third kappa shape index (κ3) is 4.91. The molecule has 1 spiro atoms. The molecule has 3 aliphatic rings. The second-order valence-corrected chi connectivity index (χ2v) is 8.29. The normalized spacial score (nSPS) is 23.9. The number of hydrogen-bond acceptors (Lipinski definition) is 6. The minimum Gasteiger partial charge on any atom is -0.486 e. The van der Waals surface area contributed by atoms with Crippen LogP contribution in [0.2, 0.25) is 0 Å². The Bertz CT molecular complexity index is 808. The summed E-state index contributed by atoms with van der Waals surface area (Å²) >= 11 is 0. The minimum absolute atomic E-state index is 0.110. The summed E-state index contributed by atoms with van der Waals surface area (Å²) in [6.45, 7) is 5.76. The molecular formula is C23H30N2O5. The Morgan fingerprint density at radius 2 is 2.17 bits per heavy atom. The van der Waals surface area contributed by atoms with Gasteiger partial charge in [0.05, 0.1) is 12.0 Å². The van der Waals surface area contributed by atoms with Crippen LogP contribution >= 0.6 is 0 Å². The Morgan fingerprint density at radius 3 is 2.90 bits per heavy atom. The first-order chi connectivity index (χ1) is 14.6. The Labute approximate surface area is 177 Å². The van der Waals surface area contributed by atoms with Crippen LogP contribution in [0.15, 0.2) is 24.3 Å². The molecule has 0 aliphatic carbocycles. The van der Waals surface area contributed by atoms with Crippen LogP contribution in [0.4, 0.5) is 0 Å². The molecule has 2 fully saturated rings. The predicted molar refractivity (Wildman–Crippen MR) is 112 cm³/mol. The van der Waals surface area contributed by atoms with E-state index in [-0.39, 0.29) is 23.6 Å². The maximum Gasteiger partial charge on any atom is 0.267 e. The van der Waals surface area contributed by atoms with Crippen molar-refractivity contribution in [1.29, 1.82) is 0 Å². The van der Waals surface area contributed by atoms with Crippen LogP contribution in [0.1, 0.15) is 61.4 Å². The smallest absolute Gasteiger partial charge is 0.267 e. The van der Waals surface area contributed by atoms with Gasteiger partial charge in [-0.3, -0.25) is 9.59 Å². The van der Waals surface area contributed by atoms with Gasteiger partial charge in [0.1, 0.15) is 11.4 Å². The first kappa shape index (κ1) is 21.0. The molecule has 1 aromatic rings. The van der Waals surface area contributed by atoms with Crippen molar-refractivity contribution in [2.24, 2.45) is 0 Å². The van der Waals surface area contributed by atoms with Crippen molar-refractivity contribution < 1.29 is 23.9 Å². The van der Waals surface area contributed by atoms with Crippen LogP contribution in [0, 0.1) is 0 Å². The van der Waals surface area contributed by atoms with Gasteiger partial charge in [-0.2, -0.15) is 0 Å². The zero-order valence-corrected chi connectivity index (χ0v) is 17.5. The maximum atomic E-state index is 12.8. The summed E-state index contributed by atoms with van der Waals surface area (Å²) in [6, 6.07) is 5.49. The fourth-order valence-corrected chi connectivity index (χ4v) is 4.30. The van der Waals surface area contributed by atoms with Gasteiger partial charge in [-0.15, -0.1) is 0 Å². The lowest BCUT2D eigenvalue weighted by Gasteiger charge is -2.43. The van der Waals surface area contributed by atoms with E-state index in [1.54, 1.807) is 12.1 Å². The fraction of sp³-hybridized carbons (Fsp3) is 0.565. The molecule has 4 rings (SSSR count). The fourth-order valence-electron chi connectivity index (χ4n) is 4.30. The van der Waals surface area contributed by atoms with Crippen molar-refractivity contribution in [3.63, 3.8) is 0 Å². The largest absolute Gasteiger partial charge is 0.486 e. The Morgan fingerprint density at radius 1 is 1.33 bits per heavy atom. The summed E-state index contributed by atoms with van der Waals surface area (Å²) in [5.41, 5.74) is 3.39. The molecule has 1 atom stereocenters. The molecule has 3 heterocycles. The summed E-state index contributed by atoms with van der Waals surface area (Å²) in [5, 5.41) is 0. The molecular weight excluding hydrogens is 384 g/mol. The molecule has 30 heavy (non-hydrogen) atoms. The number of Topliss-reactive ketones (excluding diaryl/α,β-unsaturated/α-hetero) is 1. The number of amides is 1. The third-order valence-electron chi connectivity index (χ3n) is 6.18. The van der Waals surface area contributed by atoms with Crippen molar-refractivity contribution in [3.8, 4) is 5.75 Å². The number of nitrogens with zero attached hydrogens (tertiary/aromatic N) is 1. The molecule has 1 amide bonds. The molecule has 0 saturated carbocycles. The lowest BCUT2D eigenvalue weighted by molar-refractivity contribution is -0.198. The van der Waals surface area contributed by atoms with Crippen LogP contribution < -0.4 is 10.2 Å². The Hall–Kier alpha value is -2.22. The maximum absolute atomic E-state index is 12.8. The lowest BCUT2D eigenvalue weighted by atomic mass is 9.82. The Balaban J connectivity index is 1.36. The van der Waals surface area contributed by atoms with Gasteiger partial charge in [0.15, 0.2) is 12.1 Å². The second-order valence-electron chi connectivity index (χ2n) is 8.29. The highest BCUT2D eigenvalue weighted by molar-refractivity contribution is 6.01. The molecule has 0 bridgehead atoms. The average Bonchev–Trinajstić information content (AvgIpc) is 2.78. The van der Waals surface area contributed by atoms with Gasteiger partial charge in [0, 0.05) is 45.0 Å². The zero-order valence-electron chi connectivity index (χ0n) is 17.5. The van der Waals surface area contributed by atoms with Crippen molar-refractivity contribution in [2.75, 3.05) is 26.2 Å². The SMILES string of the molecule is CCN1CCC2(CC1)CC(=O)c1cc(C=CC(=O)NOC3CCCCO3)ccc1O2. The van der Waals surface area contributed by atoms with Crippen molar-refractivity contribution in [3.05, 3.63) is 35.4 Å². The van der Waals surface area contributed by atoms with Crippen LogP contribution in [-0.4, -0.2) is 54.7 Å². The first-order valence-corrected chi connectivity index (χ1v) is 10.9. The third-order valence-corrected chi connectivity index (χ3v) is 6.18. The lowest BCUT2D eigenvalue weighted by Crippen LogP contribution is -2.50. The van der Waals surface area contributed by atoms with E-state index < -0.39 is 0 Å². The van der Waals surface area contributed by atoms with E-state index in [9.17, 15) is 9.59 Å². The molecule has 3 aliphatic heterocycles. The standard InChI is InChI=1S/C23H30N2O5/c1-2-25-12-10-23(11-13-25)16-19(26)18-15-17(6-8-20(18)29-23)7-9-21(27)24-30-22-5-3-4-14-28-22/h6-9,15,22H,2-5,10-14,16H2,1H3,(H,24,27). The van der Waals surface area contributed by atoms with E-state index in [0.717, 1.165) is 57.3 Å². The van der Waals surface area contributed by atoms with E-state index in [4.69, 9.17) is 14.3 Å². The van der Waals surface area contributed by atoms with Crippen LogP contribution in [0.3, 0.4) is 0 Å². The Kier molecular flexibility index (Phi) is 6.51. The van der Waals surface area contributed by atoms with Gasteiger partial charge in [-0.25, -0.2) is 10.3 Å². The number of carbonyl (C=O) groups is 2. The molecule has 162 valence electrons. The highest BCUT2D eigenvalue weighted by atomic mass is 16.8. The highest BCUT2D eigenvalue weighted by Crippen LogP contribution is 2.39. The molecule has 1 aromatic carbocycles.